The fourth-order valence-electron chi connectivity index (χ4n) is 3.49. The standard InChI is InChI=1S/C19H19F2NO/c1-11-17(13-3-7-15(20)8-4-13)22-18(12(2)19(11)23)14-5-9-16(21)10-6-14/h3-12,17-18,22H,1-2H3/p+1/t11-,12+,17-,18-/m0/s1. The lowest BCUT2D eigenvalue weighted by atomic mass is 9.76. The minimum absolute atomic E-state index is 0.0608. The van der Waals surface area contributed by atoms with Crippen LogP contribution in [0.2, 0.25) is 0 Å². The van der Waals surface area contributed by atoms with Crippen LogP contribution in [0, 0.1) is 23.5 Å². The van der Waals surface area contributed by atoms with E-state index in [1.54, 1.807) is 24.3 Å². The van der Waals surface area contributed by atoms with Gasteiger partial charge in [-0.3, -0.25) is 4.79 Å². The number of benzene rings is 2. The Kier molecular flexibility index (Phi) is 4.26. The van der Waals surface area contributed by atoms with Crippen molar-refractivity contribution in [3.8, 4) is 0 Å². The normalized spacial score (nSPS) is 27.9. The zero-order valence-electron chi connectivity index (χ0n) is 13.2. The van der Waals surface area contributed by atoms with Crippen molar-refractivity contribution < 1.29 is 18.9 Å². The Balaban J connectivity index is 1.94. The highest BCUT2D eigenvalue weighted by Crippen LogP contribution is 2.32. The molecular formula is C19H20F2NO+. The Morgan fingerprint density at radius 3 is 1.43 bits per heavy atom. The van der Waals surface area contributed by atoms with Crippen LogP contribution >= 0.6 is 0 Å². The third kappa shape index (κ3) is 3.04. The van der Waals surface area contributed by atoms with Crippen LogP contribution in [0.4, 0.5) is 8.78 Å². The first-order valence-corrected chi connectivity index (χ1v) is 7.87. The molecule has 2 N–H and O–H groups in total. The molecule has 1 fully saturated rings. The third-order valence-corrected chi connectivity index (χ3v) is 4.90. The summed E-state index contributed by atoms with van der Waals surface area (Å²) in [5.41, 5.74) is 1.87. The van der Waals surface area contributed by atoms with Crippen molar-refractivity contribution in [2.75, 3.05) is 0 Å². The zero-order valence-corrected chi connectivity index (χ0v) is 13.2. The average molecular weight is 316 g/mol. The van der Waals surface area contributed by atoms with Gasteiger partial charge in [0.25, 0.3) is 0 Å². The van der Waals surface area contributed by atoms with Gasteiger partial charge >= 0.3 is 0 Å². The van der Waals surface area contributed by atoms with Crippen LogP contribution in [0.1, 0.15) is 37.1 Å². The monoisotopic (exact) mass is 316 g/mol. The minimum Gasteiger partial charge on any atom is -0.333 e. The molecule has 1 saturated heterocycles. The van der Waals surface area contributed by atoms with Crippen LogP contribution < -0.4 is 5.32 Å². The number of hydrogen-bond acceptors (Lipinski definition) is 1. The summed E-state index contributed by atoms with van der Waals surface area (Å²) in [6.45, 7) is 3.84. The van der Waals surface area contributed by atoms with Crippen LogP contribution in [-0.2, 0) is 4.79 Å². The van der Waals surface area contributed by atoms with E-state index in [0.717, 1.165) is 11.1 Å². The molecule has 3 rings (SSSR count). The first kappa shape index (κ1) is 15.8. The fourth-order valence-corrected chi connectivity index (χ4v) is 3.49. The maximum absolute atomic E-state index is 13.2. The lowest BCUT2D eigenvalue weighted by molar-refractivity contribution is -0.748. The summed E-state index contributed by atoms with van der Waals surface area (Å²) in [4.78, 5) is 12.7. The van der Waals surface area contributed by atoms with Crippen molar-refractivity contribution in [1.29, 1.82) is 0 Å². The number of Topliss-reactive ketones (excluding diaryl/α,β-unsaturated/α-hetero) is 1. The minimum atomic E-state index is -0.285. The second-order valence-corrected chi connectivity index (χ2v) is 6.33. The van der Waals surface area contributed by atoms with Crippen LogP contribution in [0.3, 0.4) is 0 Å². The fraction of sp³-hybridized carbons (Fsp3) is 0.316. The van der Waals surface area contributed by atoms with Gasteiger partial charge in [0.15, 0.2) is 5.78 Å². The summed E-state index contributed by atoms with van der Waals surface area (Å²) in [6.07, 6.45) is 0. The lowest BCUT2D eigenvalue weighted by Gasteiger charge is -2.36. The Morgan fingerprint density at radius 2 is 1.09 bits per heavy atom. The van der Waals surface area contributed by atoms with Gasteiger partial charge in [0.2, 0.25) is 0 Å². The Morgan fingerprint density at radius 1 is 0.739 bits per heavy atom. The van der Waals surface area contributed by atoms with Gasteiger partial charge in [0.1, 0.15) is 23.7 Å². The molecule has 0 aromatic heterocycles. The number of piperidine rings is 1. The van der Waals surface area contributed by atoms with Gasteiger partial charge in [-0.1, -0.05) is 24.3 Å². The number of nitrogens with two attached hydrogens (primary N) is 1. The first-order valence-electron chi connectivity index (χ1n) is 7.87. The predicted octanol–water partition coefficient (Wildman–Crippen LogP) is 3.17. The maximum Gasteiger partial charge on any atom is 0.151 e. The number of quaternary nitrogens is 1. The summed E-state index contributed by atoms with van der Waals surface area (Å²) in [5, 5.41) is 2.15. The number of carbonyl (C=O) groups excluding carboxylic acids is 1. The SMILES string of the molecule is C[C@@H]1C(=O)[C@H](C)[C@@H](c2ccc(F)cc2)[NH2+][C@@H]1c1ccc(F)cc1. The number of carbonyl (C=O) groups is 1. The maximum atomic E-state index is 13.2. The zero-order chi connectivity index (χ0) is 16.6. The molecule has 4 atom stereocenters. The predicted molar refractivity (Wildman–Crippen MR) is 83.5 cm³/mol. The van der Waals surface area contributed by atoms with E-state index in [2.05, 4.69) is 5.32 Å². The van der Waals surface area contributed by atoms with Crippen LogP contribution in [0.5, 0.6) is 0 Å². The number of halogens is 2. The third-order valence-electron chi connectivity index (χ3n) is 4.90. The molecule has 120 valence electrons. The quantitative estimate of drug-likeness (QED) is 0.907. The van der Waals surface area contributed by atoms with Gasteiger partial charge in [-0.25, -0.2) is 8.78 Å². The van der Waals surface area contributed by atoms with Crippen molar-refractivity contribution in [2.45, 2.75) is 25.9 Å². The second kappa shape index (κ2) is 6.20. The Hall–Kier alpha value is -2.07. The first-order chi connectivity index (χ1) is 11.0. The molecule has 0 amide bonds. The molecule has 0 spiro atoms. The summed E-state index contributed by atoms with van der Waals surface area (Å²) in [7, 11) is 0. The molecule has 1 aliphatic heterocycles. The van der Waals surface area contributed by atoms with E-state index >= 15 is 0 Å². The summed E-state index contributed by atoms with van der Waals surface area (Å²) in [6, 6.07) is 12.5. The molecule has 23 heavy (non-hydrogen) atoms. The molecule has 2 aromatic carbocycles. The van der Waals surface area contributed by atoms with E-state index in [0.29, 0.717) is 0 Å². The van der Waals surface area contributed by atoms with Crippen molar-refractivity contribution in [1.82, 2.24) is 0 Å². The van der Waals surface area contributed by atoms with Crippen molar-refractivity contribution >= 4 is 5.78 Å². The highest BCUT2D eigenvalue weighted by molar-refractivity contribution is 5.84. The molecule has 4 heteroatoms. The number of ketones is 1. The molecule has 0 bridgehead atoms. The van der Waals surface area contributed by atoms with Gasteiger partial charge in [-0.2, -0.15) is 0 Å². The lowest BCUT2D eigenvalue weighted by Crippen LogP contribution is -2.91. The molecule has 0 unspecified atom stereocenters. The molecule has 0 radical (unpaired) electrons. The molecule has 0 saturated carbocycles. The molecule has 0 aliphatic carbocycles. The number of rotatable bonds is 2. The molecule has 2 aromatic rings. The Labute approximate surface area is 134 Å². The number of hydrogen-bond donors (Lipinski definition) is 1. The van der Waals surface area contributed by atoms with Crippen molar-refractivity contribution in [3.63, 3.8) is 0 Å². The molecule has 1 heterocycles. The molecule has 1 aliphatic rings. The summed E-state index contributed by atoms with van der Waals surface area (Å²) < 4.78 is 26.3. The van der Waals surface area contributed by atoms with Gasteiger partial charge in [-0.15, -0.1) is 0 Å². The van der Waals surface area contributed by atoms with Crippen LogP contribution in [-0.4, -0.2) is 5.78 Å². The van der Waals surface area contributed by atoms with Gasteiger partial charge < -0.3 is 5.32 Å². The molecular weight excluding hydrogens is 296 g/mol. The summed E-state index contributed by atoms with van der Waals surface area (Å²) in [5.74, 6) is -0.672. The molecule has 2 nitrogen and oxygen atoms in total. The van der Waals surface area contributed by atoms with Crippen molar-refractivity contribution in [3.05, 3.63) is 71.3 Å². The smallest absolute Gasteiger partial charge is 0.151 e. The van der Waals surface area contributed by atoms with Crippen LogP contribution in [0.15, 0.2) is 48.5 Å². The average Bonchev–Trinajstić information content (AvgIpc) is 2.55. The van der Waals surface area contributed by atoms with Crippen molar-refractivity contribution in [2.24, 2.45) is 11.8 Å². The largest absolute Gasteiger partial charge is 0.333 e. The Bertz CT molecular complexity index is 637. The van der Waals surface area contributed by atoms with E-state index in [4.69, 9.17) is 0 Å². The topological polar surface area (TPSA) is 33.7 Å². The van der Waals surface area contributed by atoms with Gasteiger partial charge in [0, 0.05) is 11.1 Å². The second-order valence-electron chi connectivity index (χ2n) is 6.33. The van der Waals surface area contributed by atoms with E-state index in [1.165, 1.54) is 24.3 Å². The highest BCUT2D eigenvalue weighted by Gasteiger charge is 2.43. The van der Waals surface area contributed by atoms with E-state index in [-0.39, 0.29) is 41.3 Å². The summed E-state index contributed by atoms with van der Waals surface area (Å²) >= 11 is 0. The van der Waals surface area contributed by atoms with Gasteiger partial charge in [-0.05, 0) is 38.1 Å². The van der Waals surface area contributed by atoms with Gasteiger partial charge in [0.05, 0.1) is 11.8 Å². The van der Waals surface area contributed by atoms with Crippen LogP contribution in [0.25, 0.3) is 0 Å². The highest BCUT2D eigenvalue weighted by atomic mass is 19.1. The van der Waals surface area contributed by atoms with E-state index in [9.17, 15) is 13.6 Å². The van der Waals surface area contributed by atoms with E-state index < -0.39 is 0 Å². The van der Waals surface area contributed by atoms with E-state index in [1.807, 2.05) is 13.8 Å².